The number of amides is 1. The summed E-state index contributed by atoms with van der Waals surface area (Å²) in [5.41, 5.74) is -0.707. The van der Waals surface area contributed by atoms with Gasteiger partial charge in [-0.1, -0.05) is 11.6 Å². The standard InChI is InChI=1S/C17H17ClF3N3O2/c1-16(2,3)26-15(25)23-12-8-13(18)24-14(9-12)22-11-6-4-10(5-7-11)17(19,20)21/h4-9H,1-3H3,(H2,22,23,24,25). The molecule has 0 radical (unpaired) electrons. The Bertz CT molecular complexity index is 787. The highest BCUT2D eigenvalue weighted by atomic mass is 35.5. The van der Waals surface area contributed by atoms with Crippen molar-refractivity contribution in [1.29, 1.82) is 0 Å². The Kier molecular flexibility index (Phi) is 5.65. The van der Waals surface area contributed by atoms with Crippen molar-refractivity contribution < 1.29 is 22.7 Å². The normalized spacial score (nSPS) is 11.8. The molecule has 0 spiro atoms. The van der Waals surface area contributed by atoms with E-state index in [0.29, 0.717) is 11.4 Å². The molecular formula is C17H17ClF3N3O2. The van der Waals surface area contributed by atoms with E-state index in [-0.39, 0.29) is 11.0 Å². The van der Waals surface area contributed by atoms with Crippen LogP contribution in [-0.4, -0.2) is 16.7 Å². The van der Waals surface area contributed by atoms with Crippen LogP contribution in [0.4, 0.5) is 35.2 Å². The average molecular weight is 388 g/mol. The van der Waals surface area contributed by atoms with Crippen molar-refractivity contribution in [2.45, 2.75) is 32.5 Å². The topological polar surface area (TPSA) is 63.2 Å². The van der Waals surface area contributed by atoms with E-state index in [9.17, 15) is 18.0 Å². The van der Waals surface area contributed by atoms with Crippen molar-refractivity contribution in [3.05, 3.63) is 47.1 Å². The van der Waals surface area contributed by atoms with Crippen LogP contribution in [-0.2, 0) is 10.9 Å². The third-order valence-electron chi connectivity index (χ3n) is 2.92. The number of ether oxygens (including phenoxy) is 1. The molecule has 2 rings (SSSR count). The molecule has 5 nitrogen and oxygen atoms in total. The number of nitrogens with one attached hydrogen (secondary N) is 2. The summed E-state index contributed by atoms with van der Waals surface area (Å²) in [6, 6.07) is 7.34. The zero-order valence-corrected chi connectivity index (χ0v) is 15.0. The number of alkyl halides is 3. The Morgan fingerprint density at radius 1 is 1.08 bits per heavy atom. The Hall–Kier alpha value is -2.48. The summed E-state index contributed by atoms with van der Waals surface area (Å²) in [5, 5.41) is 5.44. The van der Waals surface area contributed by atoms with Crippen LogP contribution in [0, 0.1) is 0 Å². The minimum atomic E-state index is -4.41. The van der Waals surface area contributed by atoms with Gasteiger partial charge in [0.25, 0.3) is 0 Å². The summed E-state index contributed by atoms with van der Waals surface area (Å²) in [6.07, 6.45) is -5.07. The largest absolute Gasteiger partial charge is 0.444 e. The van der Waals surface area contributed by atoms with Gasteiger partial charge in [0, 0.05) is 11.8 Å². The number of rotatable bonds is 3. The molecule has 0 saturated carbocycles. The molecule has 0 bridgehead atoms. The lowest BCUT2D eigenvalue weighted by molar-refractivity contribution is -0.137. The van der Waals surface area contributed by atoms with E-state index in [1.807, 2.05) is 0 Å². The second kappa shape index (κ2) is 7.41. The van der Waals surface area contributed by atoms with Crippen LogP contribution in [0.5, 0.6) is 0 Å². The van der Waals surface area contributed by atoms with Gasteiger partial charge < -0.3 is 10.1 Å². The molecule has 0 aliphatic carbocycles. The van der Waals surface area contributed by atoms with Gasteiger partial charge in [0.05, 0.1) is 11.3 Å². The van der Waals surface area contributed by atoms with Crippen molar-refractivity contribution in [2.24, 2.45) is 0 Å². The zero-order chi connectivity index (χ0) is 19.5. The van der Waals surface area contributed by atoms with Crippen LogP contribution in [0.2, 0.25) is 5.15 Å². The number of nitrogens with zero attached hydrogens (tertiary/aromatic N) is 1. The maximum Gasteiger partial charge on any atom is 0.416 e. The Labute approximate surface area is 153 Å². The van der Waals surface area contributed by atoms with Crippen LogP contribution >= 0.6 is 11.6 Å². The van der Waals surface area contributed by atoms with Crippen molar-refractivity contribution >= 4 is 34.9 Å². The molecule has 0 saturated heterocycles. The second-order valence-corrected chi connectivity index (χ2v) is 6.78. The number of carbonyl (C=O) groups is 1. The van der Waals surface area contributed by atoms with Crippen LogP contribution in [0.15, 0.2) is 36.4 Å². The van der Waals surface area contributed by atoms with E-state index in [4.69, 9.17) is 16.3 Å². The van der Waals surface area contributed by atoms with Gasteiger partial charge in [-0.25, -0.2) is 9.78 Å². The van der Waals surface area contributed by atoms with Crippen LogP contribution < -0.4 is 10.6 Å². The fraction of sp³-hybridized carbons (Fsp3) is 0.294. The summed E-state index contributed by atoms with van der Waals surface area (Å²) in [4.78, 5) is 15.8. The van der Waals surface area contributed by atoms with E-state index in [2.05, 4.69) is 15.6 Å². The SMILES string of the molecule is CC(C)(C)OC(=O)Nc1cc(Cl)nc(Nc2ccc(C(F)(F)F)cc2)c1. The average Bonchev–Trinajstić information content (AvgIpc) is 2.43. The zero-order valence-electron chi connectivity index (χ0n) is 14.2. The van der Waals surface area contributed by atoms with E-state index in [0.717, 1.165) is 12.1 Å². The predicted molar refractivity (Wildman–Crippen MR) is 93.8 cm³/mol. The lowest BCUT2D eigenvalue weighted by Crippen LogP contribution is -2.27. The predicted octanol–water partition coefficient (Wildman–Crippen LogP) is 5.84. The third kappa shape index (κ3) is 6.11. The minimum Gasteiger partial charge on any atom is -0.444 e. The highest BCUT2D eigenvalue weighted by molar-refractivity contribution is 6.29. The molecule has 0 fully saturated rings. The van der Waals surface area contributed by atoms with Crippen LogP contribution in [0.3, 0.4) is 0 Å². The Balaban J connectivity index is 2.13. The van der Waals surface area contributed by atoms with Crippen molar-refractivity contribution in [3.8, 4) is 0 Å². The maximum absolute atomic E-state index is 12.6. The van der Waals surface area contributed by atoms with E-state index in [1.165, 1.54) is 24.3 Å². The number of hydrogen-bond donors (Lipinski definition) is 2. The van der Waals surface area contributed by atoms with Gasteiger partial charge in [-0.2, -0.15) is 13.2 Å². The van der Waals surface area contributed by atoms with E-state index >= 15 is 0 Å². The number of benzene rings is 1. The highest BCUT2D eigenvalue weighted by Crippen LogP contribution is 2.30. The molecule has 1 heterocycles. The summed E-state index contributed by atoms with van der Waals surface area (Å²) in [5.74, 6) is 0.253. The molecule has 2 N–H and O–H groups in total. The number of anilines is 3. The number of pyridine rings is 1. The molecule has 0 atom stereocenters. The molecule has 0 aliphatic heterocycles. The number of aromatic nitrogens is 1. The molecule has 9 heteroatoms. The first-order chi connectivity index (χ1) is 11.9. The fourth-order valence-corrected chi connectivity index (χ4v) is 2.15. The number of halogens is 4. The van der Waals surface area contributed by atoms with Crippen molar-refractivity contribution in [2.75, 3.05) is 10.6 Å². The van der Waals surface area contributed by atoms with Gasteiger partial charge in [0.2, 0.25) is 0 Å². The van der Waals surface area contributed by atoms with Crippen molar-refractivity contribution in [1.82, 2.24) is 4.98 Å². The lowest BCUT2D eigenvalue weighted by atomic mass is 10.2. The van der Waals surface area contributed by atoms with E-state index in [1.54, 1.807) is 20.8 Å². The molecule has 2 aromatic rings. The van der Waals surface area contributed by atoms with Gasteiger partial charge in [-0.15, -0.1) is 0 Å². The highest BCUT2D eigenvalue weighted by Gasteiger charge is 2.29. The van der Waals surface area contributed by atoms with Gasteiger partial charge in [0.15, 0.2) is 0 Å². The molecule has 1 amide bonds. The van der Waals surface area contributed by atoms with Gasteiger partial charge >= 0.3 is 12.3 Å². The van der Waals surface area contributed by atoms with Crippen LogP contribution in [0.1, 0.15) is 26.3 Å². The summed E-state index contributed by atoms with van der Waals surface area (Å²) < 4.78 is 42.9. The monoisotopic (exact) mass is 387 g/mol. The number of hydrogen-bond acceptors (Lipinski definition) is 4. The third-order valence-corrected chi connectivity index (χ3v) is 3.12. The first-order valence-electron chi connectivity index (χ1n) is 7.54. The van der Waals surface area contributed by atoms with Crippen molar-refractivity contribution in [3.63, 3.8) is 0 Å². The van der Waals surface area contributed by atoms with Gasteiger partial charge in [0.1, 0.15) is 16.6 Å². The summed E-state index contributed by atoms with van der Waals surface area (Å²) >= 11 is 5.93. The Morgan fingerprint density at radius 3 is 2.23 bits per heavy atom. The molecule has 26 heavy (non-hydrogen) atoms. The smallest absolute Gasteiger partial charge is 0.416 e. The molecular weight excluding hydrogens is 371 g/mol. The molecule has 1 aromatic heterocycles. The first-order valence-corrected chi connectivity index (χ1v) is 7.92. The van der Waals surface area contributed by atoms with Gasteiger partial charge in [-0.05, 0) is 51.1 Å². The quantitative estimate of drug-likeness (QED) is 0.649. The molecule has 0 unspecified atom stereocenters. The number of carbonyl (C=O) groups excluding carboxylic acids is 1. The van der Waals surface area contributed by atoms with E-state index < -0.39 is 23.4 Å². The summed E-state index contributed by atoms with van der Waals surface area (Å²) in [7, 11) is 0. The molecule has 140 valence electrons. The van der Waals surface area contributed by atoms with Crippen LogP contribution in [0.25, 0.3) is 0 Å². The molecule has 1 aromatic carbocycles. The Morgan fingerprint density at radius 2 is 1.69 bits per heavy atom. The first kappa shape index (κ1) is 19.8. The maximum atomic E-state index is 12.6. The lowest BCUT2D eigenvalue weighted by Gasteiger charge is -2.19. The molecule has 0 aliphatic rings. The second-order valence-electron chi connectivity index (χ2n) is 6.39. The minimum absolute atomic E-state index is 0.0907. The fourth-order valence-electron chi connectivity index (χ4n) is 1.94. The van der Waals surface area contributed by atoms with Gasteiger partial charge in [-0.3, -0.25) is 5.32 Å². The summed E-state index contributed by atoms with van der Waals surface area (Å²) in [6.45, 7) is 5.18.